The van der Waals surface area contributed by atoms with Crippen LogP contribution in [0.2, 0.25) is 0 Å². The number of piperazine rings is 1. The molecule has 0 spiro atoms. The fourth-order valence-corrected chi connectivity index (χ4v) is 4.42. The van der Waals surface area contributed by atoms with E-state index in [0.29, 0.717) is 39.2 Å². The zero-order valence-electron chi connectivity index (χ0n) is 18.5. The van der Waals surface area contributed by atoms with Gasteiger partial charge in [-0.15, -0.1) is 0 Å². The molecule has 1 saturated heterocycles. The van der Waals surface area contributed by atoms with Crippen LogP contribution < -0.4 is 5.56 Å². The van der Waals surface area contributed by atoms with Crippen molar-refractivity contribution in [3.05, 3.63) is 82.4 Å². The Balaban J connectivity index is 1.14. The van der Waals surface area contributed by atoms with E-state index in [1.807, 2.05) is 29.2 Å². The second-order valence-electron chi connectivity index (χ2n) is 8.46. The number of hydrogen-bond acceptors (Lipinski definition) is 6. The Kier molecular flexibility index (Phi) is 6.28. The first-order valence-electron chi connectivity index (χ1n) is 11.4. The first kappa shape index (κ1) is 21.5. The van der Waals surface area contributed by atoms with Crippen molar-refractivity contribution >= 4 is 5.91 Å². The Labute approximate surface area is 192 Å². The molecule has 0 N–H and O–H groups in total. The molecule has 0 radical (unpaired) electrons. The summed E-state index contributed by atoms with van der Waals surface area (Å²) in [6.07, 6.45) is 3.66. The van der Waals surface area contributed by atoms with E-state index in [-0.39, 0.29) is 11.5 Å². The molecule has 8 nitrogen and oxygen atoms in total. The highest BCUT2D eigenvalue weighted by molar-refractivity contribution is 5.81. The lowest BCUT2D eigenvalue weighted by Gasteiger charge is -2.37. The summed E-state index contributed by atoms with van der Waals surface area (Å²) >= 11 is 0. The fraction of sp³-hybridized carbons (Fsp3) is 0.360. The lowest BCUT2D eigenvalue weighted by molar-refractivity contribution is -0.147. The number of carbonyl (C=O) groups is 1. The van der Waals surface area contributed by atoms with Gasteiger partial charge in [-0.1, -0.05) is 24.3 Å². The van der Waals surface area contributed by atoms with E-state index in [0.717, 1.165) is 24.3 Å². The lowest BCUT2D eigenvalue weighted by Crippen LogP contribution is -2.53. The number of pyridine rings is 1. The van der Waals surface area contributed by atoms with Gasteiger partial charge in [-0.2, -0.15) is 5.10 Å². The minimum atomic E-state index is -0.398. The molecule has 5 rings (SSSR count). The van der Waals surface area contributed by atoms with Crippen LogP contribution in [0.5, 0.6) is 0 Å². The van der Waals surface area contributed by atoms with Gasteiger partial charge in [-0.3, -0.25) is 19.5 Å². The smallest absolute Gasteiger partial charge is 0.266 e. The number of nitrogens with zero attached hydrogens (tertiary/aromatic N) is 5. The van der Waals surface area contributed by atoms with Crippen LogP contribution in [0, 0.1) is 0 Å². The molecule has 4 heterocycles. The summed E-state index contributed by atoms with van der Waals surface area (Å²) in [7, 11) is 0. The highest BCUT2D eigenvalue weighted by atomic mass is 16.5. The van der Waals surface area contributed by atoms with Crippen molar-refractivity contribution in [2.45, 2.75) is 25.7 Å². The Morgan fingerprint density at radius 2 is 1.70 bits per heavy atom. The van der Waals surface area contributed by atoms with Crippen molar-refractivity contribution in [3.63, 3.8) is 0 Å². The molecule has 0 bridgehead atoms. The molecule has 3 aromatic rings. The zero-order valence-corrected chi connectivity index (χ0v) is 18.5. The highest BCUT2D eigenvalue weighted by Crippen LogP contribution is 2.22. The van der Waals surface area contributed by atoms with E-state index < -0.39 is 6.10 Å². The van der Waals surface area contributed by atoms with Gasteiger partial charge in [0.25, 0.3) is 11.5 Å². The Bertz CT molecular complexity index is 1170. The third-order valence-corrected chi connectivity index (χ3v) is 6.39. The van der Waals surface area contributed by atoms with Crippen molar-refractivity contribution in [1.82, 2.24) is 24.6 Å². The van der Waals surface area contributed by atoms with Crippen LogP contribution in [0.1, 0.15) is 11.1 Å². The average molecular weight is 446 g/mol. The Morgan fingerprint density at radius 3 is 2.48 bits per heavy atom. The van der Waals surface area contributed by atoms with Gasteiger partial charge in [0.1, 0.15) is 6.10 Å². The van der Waals surface area contributed by atoms with Crippen molar-refractivity contribution in [3.8, 4) is 11.3 Å². The van der Waals surface area contributed by atoms with Crippen molar-refractivity contribution < 1.29 is 9.53 Å². The van der Waals surface area contributed by atoms with E-state index in [1.54, 1.807) is 24.5 Å². The molecule has 2 aliphatic rings. The Morgan fingerprint density at radius 1 is 0.939 bits per heavy atom. The van der Waals surface area contributed by atoms with Crippen LogP contribution in [-0.2, 0) is 29.1 Å². The minimum absolute atomic E-state index is 0.0760. The number of benzene rings is 1. The summed E-state index contributed by atoms with van der Waals surface area (Å²) in [6.45, 7) is 4.59. The van der Waals surface area contributed by atoms with E-state index in [2.05, 4.69) is 27.1 Å². The highest BCUT2D eigenvalue weighted by Gasteiger charge is 2.31. The number of rotatable bonds is 5. The number of carbonyl (C=O) groups excluding carboxylic acids is 1. The third-order valence-electron chi connectivity index (χ3n) is 6.39. The molecule has 33 heavy (non-hydrogen) atoms. The number of ether oxygens (including phenoxy) is 1. The molecule has 1 unspecified atom stereocenters. The molecule has 0 aliphatic carbocycles. The topological polar surface area (TPSA) is 80.6 Å². The second kappa shape index (κ2) is 9.64. The summed E-state index contributed by atoms with van der Waals surface area (Å²) in [4.78, 5) is 33.5. The van der Waals surface area contributed by atoms with Gasteiger partial charge >= 0.3 is 0 Å². The molecule has 2 aliphatic heterocycles. The number of aromatic nitrogens is 3. The van der Waals surface area contributed by atoms with Gasteiger partial charge in [0.2, 0.25) is 0 Å². The maximum Gasteiger partial charge on any atom is 0.266 e. The number of fused-ring (bicyclic) bond motifs is 1. The van der Waals surface area contributed by atoms with Gasteiger partial charge in [-0.25, -0.2) is 4.68 Å². The van der Waals surface area contributed by atoms with Gasteiger partial charge in [-0.05, 0) is 29.3 Å². The van der Waals surface area contributed by atoms with E-state index in [4.69, 9.17) is 4.74 Å². The minimum Gasteiger partial charge on any atom is -0.363 e. The van der Waals surface area contributed by atoms with Crippen LogP contribution in [0.4, 0.5) is 0 Å². The van der Waals surface area contributed by atoms with Crippen LogP contribution in [0.15, 0.2) is 65.7 Å². The molecule has 2 aromatic heterocycles. The van der Waals surface area contributed by atoms with Crippen molar-refractivity contribution in [2.24, 2.45) is 0 Å². The van der Waals surface area contributed by atoms with Gasteiger partial charge in [0.15, 0.2) is 0 Å². The molecule has 1 amide bonds. The molecule has 1 atom stereocenters. The normalized spacial score (nSPS) is 18.7. The SMILES string of the molecule is O=C(C1Cc2ccccc2CO1)N1CCN(CCn2nc(-c3ccncc3)ccc2=O)CC1. The molecular formula is C25H27N5O3. The predicted molar refractivity (Wildman–Crippen MR) is 123 cm³/mol. The molecule has 0 saturated carbocycles. The zero-order chi connectivity index (χ0) is 22.6. The molecular weight excluding hydrogens is 418 g/mol. The summed E-state index contributed by atoms with van der Waals surface area (Å²) in [6, 6.07) is 15.2. The van der Waals surface area contributed by atoms with Crippen LogP contribution in [-0.4, -0.2) is 69.3 Å². The Hall–Kier alpha value is -3.36. The summed E-state index contributed by atoms with van der Waals surface area (Å²) in [5.41, 5.74) is 3.94. The van der Waals surface area contributed by atoms with Gasteiger partial charge in [0, 0.05) is 63.2 Å². The molecule has 8 heteroatoms. The maximum atomic E-state index is 13.0. The van der Waals surface area contributed by atoms with E-state index in [1.165, 1.54) is 15.8 Å². The largest absolute Gasteiger partial charge is 0.363 e. The molecule has 170 valence electrons. The summed E-state index contributed by atoms with van der Waals surface area (Å²) < 4.78 is 7.37. The quantitative estimate of drug-likeness (QED) is 0.593. The maximum absolute atomic E-state index is 13.0. The lowest BCUT2D eigenvalue weighted by atomic mass is 9.98. The molecule has 1 aromatic carbocycles. The van der Waals surface area contributed by atoms with Crippen LogP contribution in [0.25, 0.3) is 11.3 Å². The first-order chi connectivity index (χ1) is 16.2. The van der Waals surface area contributed by atoms with Crippen molar-refractivity contribution in [1.29, 1.82) is 0 Å². The molecule has 1 fully saturated rings. The van der Waals surface area contributed by atoms with Gasteiger partial charge in [0.05, 0.1) is 18.8 Å². The van der Waals surface area contributed by atoms with Gasteiger partial charge < -0.3 is 9.64 Å². The van der Waals surface area contributed by atoms with Crippen molar-refractivity contribution in [2.75, 3.05) is 32.7 Å². The summed E-state index contributed by atoms with van der Waals surface area (Å²) in [5.74, 6) is 0.0760. The predicted octanol–water partition coefficient (Wildman–Crippen LogP) is 1.59. The third kappa shape index (κ3) is 4.86. The van der Waals surface area contributed by atoms with Crippen LogP contribution in [0.3, 0.4) is 0 Å². The van der Waals surface area contributed by atoms with E-state index in [9.17, 15) is 9.59 Å². The fourth-order valence-electron chi connectivity index (χ4n) is 4.42. The first-order valence-corrected chi connectivity index (χ1v) is 11.4. The summed E-state index contributed by atoms with van der Waals surface area (Å²) in [5, 5.41) is 4.52. The average Bonchev–Trinajstić information content (AvgIpc) is 2.88. The second-order valence-corrected chi connectivity index (χ2v) is 8.46. The number of amides is 1. The number of hydrogen-bond donors (Lipinski definition) is 0. The standard InChI is InChI=1S/C25H27N5O3/c31-24-6-5-22(19-7-9-26-10-8-19)27-30(24)16-13-28-11-14-29(15-12-28)25(32)23-17-20-3-1-2-4-21(20)18-33-23/h1-10,23H,11-18H2. The monoisotopic (exact) mass is 445 g/mol. The van der Waals surface area contributed by atoms with Crippen LogP contribution >= 0.6 is 0 Å². The van der Waals surface area contributed by atoms with E-state index >= 15 is 0 Å².